The Morgan fingerprint density at radius 1 is 1.17 bits per heavy atom. The van der Waals surface area contributed by atoms with E-state index >= 15 is 0 Å². The lowest BCUT2D eigenvalue weighted by Gasteiger charge is -2.27. The van der Waals surface area contributed by atoms with Crippen molar-refractivity contribution in [2.45, 2.75) is 33.0 Å². The van der Waals surface area contributed by atoms with Crippen LogP contribution in [0.5, 0.6) is 0 Å². The Hall–Kier alpha value is -1.98. The molecule has 24 heavy (non-hydrogen) atoms. The van der Waals surface area contributed by atoms with Crippen molar-refractivity contribution in [3.63, 3.8) is 0 Å². The first-order valence-corrected chi connectivity index (χ1v) is 8.40. The highest BCUT2D eigenvalue weighted by molar-refractivity contribution is 5.58. The number of nitrogens with zero attached hydrogens (tertiary/aromatic N) is 3. The van der Waals surface area contributed by atoms with Gasteiger partial charge in [-0.15, -0.1) is 0 Å². The fraction of sp³-hybridized carbons (Fsp3) is 0.474. The number of benzene rings is 1. The van der Waals surface area contributed by atoms with Gasteiger partial charge in [-0.05, 0) is 38.5 Å². The van der Waals surface area contributed by atoms with Crippen molar-refractivity contribution in [3.05, 3.63) is 42.1 Å². The van der Waals surface area contributed by atoms with Gasteiger partial charge in [-0.3, -0.25) is 0 Å². The molecule has 0 saturated carbocycles. The molecular weight excluding hydrogens is 302 g/mol. The summed E-state index contributed by atoms with van der Waals surface area (Å²) in [4.78, 5) is 11.4. The zero-order valence-corrected chi connectivity index (χ0v) is 14.7. The number of anilines is 1. The van der Waals surface area contributed by atoms with Crippen molar-refractivity contribution in [3.8, 4) is 11.4 Å². The largest absolute Gasteiger partial charge is 0.378 e. The van der Waals surface area contributed by atoms with Crippen molar-refractivity contribution in [2.24, 2.45) is 0 Å². The lowest BCUT2D eigenvalue weighted by molar-refractivity contribution is -0.0149. The molecule has 0 spiro atoms. The fourth-order valence-corrected chi connectivity index (χ4v) is 2.56. The van der Waals surface area contributed by atoms with E-state index in [-0.39, 0.29) is 5.60 Å². The average molecular weight is 327 g/mol. The molecule has 2 aromatic rings. The molecular formula is C19H25N3O2. The predicted molar refractivity (Wildman–Crippen MR) is 95.0 cm³/mol. The number of rotatable bonds is 4. The lowest BCUT2D eigenvalue weighted by atomic mass is 10.1. The van der Waals surface area contributed by atoms with Crippen LogP contribution in [-0.2, 0) is 16.1 Å². The van der Waals surface area contributed by atoms with E-state index in [1.165, 1.54) is 0 Å². The highest BCUT2D eigenvalue weighted by Gasteiger charge is 2.14. The summed E-state index contributed by atoms with van der Waals surface area (Å²) in [6, 6.07) is 10.2. The molecule has 1 aromatic carbocycles. The summed E-state index contributed by atoms with van der Waals surface area (Å²) in [7, 11) is 0. The average Bonchev–Trinajstić information content (AvgIpc) is 2.61. The van der Waals surface area contributed by atoms with Crippen molar-refractivity contribution >= 4 is 5.82 Å². The van der Waals surface area contributed by atoms with Gasteiger partial charge in [-0.2, -0.15) is 0 Å². The Kier molecular flexibility index (Phi) is 5.11. The zero-order chi connectivity index (χ0) is 17.0. The summed E-state index contributed by atoms with van der Waals surface area (Å²) in [5.41, 5.74) is 1.99. The molecule has 5 heteroatoms. The monoisotopic (exact) mass is 327 g/mol. The molecule has 1 saturated heterocycles. The molecule has 2 heterocycles. The SMILES string of the molecule is CC(C)(C)OCc1cccc(-c2nccc(N3CCOCC3)n2)c1. The third-order valence-electron chi connectivity index (χ3n) is 3.83. The molecule has 0 radical (unpaired) electrons. The summed E-state index contributed by atoms with van der Waals surface area (Å²) >= 11 is 0. The van der Waals surface area contributed by atoms with Crippen LogP contribution in [0.25, 0.3) is 11.4 Å². The third kappa shape index (κ3) is 4.52. The Balaban J connectivity index is 1.78. The minimum atomic E-state index is -0.150. The van der Waals surface area contributed by atoms with E-state index in [0.717, 1.165) is 49.1 Å². The second-order valence-electron chi connectivity index (χ2n) is 6.94. The highest BCUT2D eigenvalue weighted by atomic mass is 16.5. The van der Waals surface area contributed by atoms with Gasteiger partial charge in [0.2, 0.25) is 0 Å². The summed E-state index contributed by atoms with van der Waals surface area (Å²) in [6.07, 6.45) is 1.82. The smallest absolute Gasteiger partial charge is 0.161 e. The van der Waals surface area contributed by atoms with E-state index in [1.54, 1.807) is 0 Å². The van der Waals surface area contributed by atoms with Crippen LogP contribution in [0.15, 0.2) is 36.5 Å². The van der Waals surface area contributed by atoms with Crippen molar-refractivity contribution in [2.75, 3.05) is 31.2 Å². The third-order valence-corrected chi connectivity index (χ3v) is 3.83. The summed E-state index contributed by atoms with van der Waals surface area (Å²) in [5, 5.41) is 0. The van der Waals surface area contributed by atoms with Gasteiger partial charge < -0.3 is 14.4 Å². The maximum atomic E-state index is 5.86. The fourth-order valence-electron chi connectivity index (χ4n) is 2.56. The van der Waals surface area contributed by atoms with Crippen LogP contribution in [0.2, 0.25) is 0 Å². The van der Waals surface area contributed by atoms with Crippen LogP contribution >= 0.6 is 0 Å². The van der Waals surface area contributed by atoms with Gasteiger partial charge in [0, 0.05) is 24.8 Å². The van der Waals surface area contributed by atoms with Crippen LogP contribution in [0.4, 0.5) is 5.82 Å². The molecule has 5 nitrogen and oxygen atoms in total. The van der Waals surface area contributed by atoms with E-state index in [4.69, 9.17) is 14.5 Å². The molecule has 128 valence electrons. The first-order valence-electron chi connectivity index (χ1n) is 8.40. The van der Waals surface area contributed by atoms with Crippen molar-refractivity contribution in [1.82, 2.24) is 9.97 Å². The minimum Gasteiger partial charge on any atom is -0.378 e. The van der Waals surface area contributed by atoms with Gasteiger partial charge in [0.1, 0.15) is 5.82 Å². The number of hydrogen-bond donors (Lipinski definition) is 0. The van der Waals surface area contributed by atoms with E-state index in [1.807, 2.05) is 24.4 Å². The molecule has 1 aliphatic rings. The van der Waals surface area contributed by atoms with E-state index in [9.17, 15) is 0 Å². The molecule has 0 amide bonds. The molecule has 1 aromatic heterocycles. The Labute approximate surface area is 143 Å². The van der Waals surface area contributed by atoms with Gasteiger partial charge >= 0.3 is 0 Å². The topological polar surface area (TPSA) is 47.5 Å². The van der Waals surface area contributed by atoms with Crippen LogP contribution < -0.4 is 4.90 Å². The normalized spacial score (nSPS) is 15.5. The van der Waals surface area contributed by atoms with E-state index in [2.05, 4.69) is 42.8 Å². The van der Waals surface area contributed by atoms with Crippen LogP contribution in [0.1, 0.15) is 26.3 Å². The number of aromatic nitrogens is 2. The van der Waals surface area contributed by atoms with Crippen LogP contribution in [0, 0.1) is 0 Å². The summed E-state index contributed by atoms with van der Waals surface area (Å²) < 4.78 is 11.3. The minimum absolute atomic E-state index is 0.150. The van der Waals surface area contributed by atoms with E-state index < -0.39 is 0 Å². The number of morpholine rings is 1. The van der Waals surface area contributed by atoms with E-state index in [0.29, 0.717) is 6.61 Å². The van der Waals surface area contributed by atoms with Crippen molar-refractivity contribution in [1.29, 1.82) is 0 Å². The van der Waals surface area contributed by atoms with Gasteiger partial charge in [0.05, 0.1) is 25.4 Å². The Morgan fingerprint density at radius 3 is 2.71 bits per heavy atom. The Morgan fingerprint density at radius 2 is 1.96 bits per heavy atom. The molecule has 3 rings (SSSR count). The first-order chi connectivity index (χ1) is 11.5. The molecule has 0 atom stereocenters. The van der Waals surface area contributed by atoms with Gasteiger partial charge in [-0.25, -0.2) is 9.97 Å². The maximum Gasteiger partial charge on any atom is 0.161 e. The van der Waals surface area contributed by atoms with Gasteiger partial charge in [0.15, 0.2) is 5.82 Å². The standard InChI is InChI=1S/C19H25N3O2/c1-19(2,3)24-14-15-5-4-6-16(13-15)18-20-8-7-17(21-18)22-9-11-23-12-10-22/h4-8,13H,9-12,14H2,1-3H3. The number of ether oxygens (including phenoxy) is 2. The molecule has 0 N–H and O–H groups in total. The summed E-state index contributed by atoms with van der Waals surface area (Å²) in [5.74, 6) is 1.70. The van der Waals surface area contributed by atoms with Crippen LogP contribution in [0.3, 0.4) is 0 Å². The number of hydrogen-bond acceptors (Lipinski definition) is 5. The quantitative estimate of drug-likeness (QED) is 0.862. The molecule has 1 fully saturated rings. The molecule has 0 unspecified atom stereocenters. The molecule has 0 aliphatic carbocycles. The zero-order valence-electron chi connectivity index (χ0n) is 14.7. The highest BCUT2D eigenvalue weighted by Crippen LogP contribution is 2.21. The van der Waals surface area contributed by atoms with Gasteiger partial charge in [0.25, 0.3) is 0 Å². The predicted octanol–water partition coefficient (Wildman–Crippen LogP) is 3.30. The summed E-state index contributed by atoms with van der Waals surface area (Å²) in [6.45, 7) is 10.0. The van der Waals surface area contributed by atoms with Gasteiger partial charge in [-0.1, -0.05) is 18.2 Å². The Bertz CT molecular complexity index is 676. The molecule has 0 bridgehead atoms. The maximum absolute atomic E-state index is 5.86. The second-order valence-corrected chi connectivity index (χ2v) is 6.94. The van der Waals surface area contributed by atoms with Crippen LogP contribution in [-0.4, -0.2) is 41.9 Å². The lowest BCUT2D eigenvalue weighted by Crippen LogP contribution is -2.36. The van der Waals surface area contributed by atoms with Crippen molar-refractivity contribution < 1.29 is 9.47 Å². The second kappa shape index (κ2) is 7.28. The molecule has 1 aliphatic heterocycles. The first kappa shape index (κ1) is 16.9.